The van der Waals surface area contributed by atoms with Crippen molar-refractivity contribution in [3.8, 4) is 0 Å². The maximum Gasteiger partial charge on any atom is 0.251 e. The highest BCUT2D eigenvalue weighted by Crippen LogP contribution is 2.27. The predicted octanol–water partition coefficient (Wildman–Crippen LogP) is 3.52. The molecule has 2 nitrogen and oxygen atoms in total. The van der Waals surface area contributed by atoms with Gasteiger partial charge in [0.25, 0.3) is 5.91 Å². The molecule has 3 heteroatoms. The quantitative estimate of drug-likeness (QED) is 0.833. The van der Waals surface area contributed by atoms with Crippen LogP contribution < -0.4 is 5.32 Å². The summed E-state index contributed by atoms with van der Waals surface area (Å²) in [6.45, 7) is 2.71. The summed E-state index contributed by atoms with van der Waals surface area (Å²) >= 11 is 6.16. The van der Waals surface area contributed by atoms with E-state index >= 15 is 0 Å². The molecule has 1 aliphatic rings. The Morgan fingerprint density at radius 1 is 1.39 bits per heavy atom. The van der Waals surface area contributed by atoms with Gasteiger partial charge in [-0.15, -0.1) is 11.6 Å². The lowest BCUT2D eigenvalue weighted by Crippen LogP contribution is -2.32. The van der Waals surface area contributed by atoms with Gasteiger partial charge in [0.1, 0.15) is 0 Å². The lowest BCUT2D eigenvalue weighted by Gasteiger charge is -2.25. The van der Waals surface area contributed by atoms with E-state index in [1.165, 1.54) is 12.8 Å². The molecule has 2 unspecified atom stereocenters. The molecule has 1 amide bonds. The fourth-order valence-corrected chi connectivity index (χ4v) is 2.98. The fraction of sp³-hybridized carbons (Fsp3) is 0.533. The smallest absolute Gasteiger partial charge is 0.251 e. The molecule has 18 heavy (non-hydrogen) atoms. The van der Waals surface area contributed by atoms with E-state index in [2.05, 4.69) is 5.32 Å². The SMILES string of the molecule is Cc1ccccc1C(=O)NCC1CCCC(Cl)C1. The number of nitrogens with one attached hydrogen (secondary N) is 1. The van der Waals surface area contributed by atoms with Crippen LogP contribution in [0, 0.1) is 12.8 Å². The number of rotatable bonds is 3. The van der Waals surface area contributed by atoms with Gasteiger partial charge in [-0.3, -0.25) is 4.79 Å². The van der Waals surface area contributed by atoms with Gasteiger partial charge in [0, 0.05) is 17.5 Å². The summed E-state index contributed by atoms with van der Waals surface area (Å²) in [5.74, 6) is 0.569. The predicted molar refractivity (Wildman–Crippen MR) is 75.1 cm³/mol. The summed E-state index contributed by atoms with van der Waals surface area (Å²) < 4.78 is 0. The first-order chi connectivity index (χ1) is 8.66. The Morgan fingerprint density at radius 3 is 2.89 bits per heavy atom. The maximum absolute atomic E-state index is 12.0. The van der Waals surface area contributed by atoms with Gasteiger partial charge in [-0.2, -0.15) is 0 Å². The number of aryl methyl sites for hydroxylation is 1. The number of alkyl halides is 1. The average molecular weight is 266 g/mol. The molecule has 0 aromatic heterocycles. The average Bonchev–Trinajstić information content (AvgIpc) is 2.37. The third-order valence-electron chi connectivity index (χ3n) is 3.66. The highest BCUT2D eigenvalue weighted by atomic mass is 35.5. The van der Waals surface area contributed by atoms with Crippen LogP contribution >= 0.6 is 11.6 Å². The third kappa shape index (κ3) is 3.49. The van der Waals surface area contributed by atoms with Gasteiger partial charge in [0.2, 0.25) is 0 Å². The molecule has 0 saturated heterocycles. The number of halogens is 1. The number of hydrogen-bond donors (Lipinski definition) is 1. The van der Waals surface area contributed by atoms with Crippen LogP contribution in [0.5, 0.6) is 0 Å². The second-order valence-corrected chi connectivity index (χ2v) is 5.77. The molecule has 1 N–H and O–H groups in total. The zero-order valence-corrected chi connectivity index (χ0v) is 11.5. The molecule has 0 heterocycles. The van der Waals surface area contributed by atoms with Crippen molar-refractivity contribution in [2.75, 3.05) is 6.54 Å². The molecule has 0 spiro atoms. The molecule has 1 aliphatic carbocycles. The minimum atomic E-state index is 0.0322. The second kappa shape index (κ2) is 6.24. The Kier molecular flexibility index (Phi) is 4.65. The van der Waals surface area contributed by atoms with Crippen LogP contribution in [-0.4, -0.2) is 17.8 Å². The molecule has 1 aromatic carbocycles. The van der Waals surface area contributed by atoms with Gasteiger partial charge in [-0.25, -0.2) is 0 Å². The summed E-state index contributed by atoms with van der Waals surface area (Å²) in [5.41, 5.74) is 1.80. The van der Waals surface area contributed by atoms with E-state index in [1.54, 1.807) is 0 Å². The number of hydrogen-bond acceptors (Lipinski definition) is 1. The lowest BCUT2D eigenvalue weighted by atomic mass is 9.89. The summed E-state index contributed by atoms with van der Waals surface area (Å²) in [5, 5.41) is 3.32. The van der Waals surface area contributed by atoms with Crippen molar-refractivity contribution in [1.82, 2.24) is 5.32 Å². The summed E-state index contributed by atoms with van der Waals surface area (Å²) in [6, 6.07) is 7.68. The molecule has 2 rings (SSSR count). The van der Waals surface area contributed by atoms with Crippen LogP contribution in [0.2, 0.25) is 0 Å². The van der Waals surface area contributed by atoms with E-state index in [-0.39, 0.29) is 5.91 Å². The van der Waals surface area contributed by atoms with Crippen molar-refractivity contribution in [2.45, 2.75) is 38.0 Å². The standard InChI is InChI=1S/C15H20ClNO/c1-11-5-2-3-8-14(11)15(18)17-10-12-6-4-7-13(16)9-12/h2-3,5,8,12-13H,4,6-7,9-10H2,1H3,(H,17,18). The largest absolute Gasteiger partial charge is 0.352 e. The zero-order chi connectivity index (χ0) is 13.0. The van der Waals surface area contributed by atoms with Crippen molar-refractivity contribution < 1.29 is 4.79 Å². The lowest BCUT2D eigenvalue weighted by molar-refractivity contribution is 0.0943. The number of carbonyl (C=O) groups excluding carboxylic acids is 1. The molecule has 98 valence electrons. The highest BCUT2D eigenvalue weighted by Gasteiger charge is 2.20. The summed E-state index contributed by atoms with van der Waals surface area (Å²) in [6.07, 6.45) is 4.50. The van der Waals surface area contributed by atoms with Gasteiger partial charge in [0.15, 0.2) is 0 Å². The summed E-state index contributed by atoms with van der Waals surface area (Å²) in [4.78, 5) is 12.0. The first-order valence-electron chi connectivity index (χ1n) is 6.64. The molecular formula is C15H20ClNO. The van der Waals surface area contributed by atoms with E-state index in [9.17, 15) is 4.79 Å². The molecule has 1 aromatic rings. The molecular weight excluding hydrogens is 246 g/mol. The number of carbonyl (C=O) groups is 1. The Morgan fingerprint density at radius 2 is 2.17 bits per heavy atom. The van der Waals surface area contributed by atoms with E-state index in [1.807, 2.05) is 31.2 Å². The van der Waals surface area contributed by atoms with E-state index < -0.39 is 0 Å². The molecule has 0 bridgehead atoms. The Bertz CT molecular complexity index is 419. The monoisotopic (exact) mass is 265 g/mol. The van der Waals surface area contributed by atoms with Crippen molar-refractivity contribution in [3.63, 3.8) is 0 Å². The Hall–Kier alpha value is -1.02. The van der Waals surface area contributed by atoms with Gasteiger partial charge < -0.3 is 5.32 Å². The molecule has 2 atom stereocenters. The first-order valence-corrected chi connectivity index (χ1v) is 7.08. The molecule has 1 saturated carbocycles. The number of benzene rings is 1. The first kappa shape index (κ1) is 13.4. The molecule has 1 fully saturated rings. The van der Waals surface area contributed by atoms with Crippen molar-refractivity contribution in [2.24, 2.45) is 5.92 Å². The van der Waals surface area contributed by atoms with Crippen molar-refractivity contribution >= 4 is 17.5 Å². The Labute approximate surface area is 114 Å². The third-order valence-corrected chi connectivity index (χ3v) is 4.06. The zero-order valence-electron chi connectivity index (χ0n) is 10.8. The van der Waals surface area contributed by atoms with Gasteiger partial charge in [0.05, 0.1) is 0 Å². The van der Waals surface area contributed by atoms with Crippen molar-refractivity contribution in [3.05, 3.63) is 35.4 Å². The van der Waals surface area contributed by atoms with Crippen LogP contribution in [0.4, 0.5) is 0 Å². The molecule has 0 aliphatic heterocycles. The van der Waals surface area contributed by atoms with Gasteiger partial charge in [-0.05, 0) is 43.7 Å². The topological polar surface area (TPSA) is 29.1 Å². The number of amides is 1. The minimum Gasteiger partial charge on any atom is -0.352 e. The van der Waals surface area contributed by atoms with E-state index in [0.29, 0.717) is 11.3 Å². The second-order valence-electron chi connectivity index (χ2n) is 5.15. The van der Waals surface area contributed by atoms with Crippen LogP contribution in [-0.2, 0) is 0 Å². The normalized spacial score (nSPS) is 23.7. The minimum absolute atomic E-state index is 0.0322. The van der Waals surface area contributed by atoms with E-state index in [0.717, 1.165) is 30.5 Å². The molecule has 0 radical (unpaired) electrons. The maximum atomic E-state index is 12.0. The van der Waals surface area contributed by atoms with Gasteiger partial charge >= 0.3 is 0 Å². The van der Waals surface area contributed by atoms with Crippen molar-refractivity contribution in [1.29, 1.82) is 0 Å². The fourth-order valence-electron chi connectivity index (χ4n) is 2.57. The van der Waals surface area contributed by atoms with Crippen LogP contribution in [0.25, 0.3) is 0 Å². The van der Waals surface area contributed by atoms with E-state index in [4.69, 9.17) is 11.6 Å². The van der Waals surface area contributed by atoms with Crippen LogP contribution in [0.15, 0.2) is 24.3 Å². The highest BCUT2D eigenvalue weighted by molar-refractivity contribution is 6.20. The van der Waals surface area contributed by atoms with Gasteiger partial charge in [-0.1, -0.05) is 24.6 Å². The van der Waals surface area contributed by atoms with Crippen LogP contribution in [0.1, 0.15) is 41.6 Å². The summed E-state index contributed by atoms with van der Waals surface area (Å²) in [7, 11) is 0. The van der Waals surface area contributed by atoms with Crippen LogP contribution in [0.3, 0.4) is 0 Å². The Balaban J connectivity index is 1.87.